The number of nitrogens with zero attached hydrogens (tertiary/aromatic N) is 1. The van der Waals surface area contributed by atoms with E-state index in [0.29, 0.717) is 5.56 Å². The molecule has 4 nitrogen and oxygen atoms in total. The molecule has 1 aromatic rings. The van der Waals surface area contributed by atoms with Crippen molar-refractivity contribution >= 4 is 11.8 Å². The maximum Gasteiger partial charge on any atom is 0.305 e. The van der Waals surface area contributed by atoms with Crippen molar-refractivity contribution in [1.82, 2.24) is 4.90 Å². The lowest BCUT2D eigenvalue weighted by Gasteiger charge is -2.23. The molecule has 0 saturated heterocycles. The molecule has 0 aliphatic carbocycles. The standard InChI is InChI=1S/C15H21NO3/c1-9-6-10(2)14(11(3)7-9)15(19)12(16(4)5)8-13(17)18/h6-7,12H,8H2,1-5H3,(H,17,18). The van der Waals surface area contributed by atoms with Crippen molar-refractivity contribution in [3.63, 3.8) is 0 Å². The summed E-state index contributed by atoms with van der Waals surface area (Å²) in [6, 6.07) is 3.28. The minimum atomic E-state index is -0.963. The minimum Gasteiger partial charge on any atom is -0.481 e. The molecule has 0 saturated carbocycles. The molecule has 104 valence electrons. The van der Waals surface area contributed by atoms with Crippen molar-refractivity contribution in [1.29, 1.82) is 0 Å². The Kier molecular flexibility index (Phi) is 4.84. The van der Waals surface area contributed by atoms with E-state index in [2.05, 4.69) is 0 Å². The summed E-state index contributed by atoms with van der Waals surface area (Å²) in [5.41, 5.74) is 3.55. The van der Waals surface area contributed by atoms with Crippen LogP contribution in [0.2, 0.25) is 0 Å². The molecule has 1 aromatic carbocycles. The molecule has 1 N–H and O–H groups in total. The Morgan fingerprint density at radius 3 is 2.00 bits per heavy atom. The van der Waals surface area contributed by atoms with Crippen LogP contribution >= 0.6 is 0 Å². The van der Waals surface area contributed by atoms with Gasteiger partial charge in [0.05, 0.1) is 12.5 Å². The Labute approximate surface area is 114 Å². The van der Waals surface area contributed by atoms with Crippen molar-refractivity contribution in [2.75, 3.05) is 14.1 Å². The first kappa shape index (κ1) is 15.4. The average molecular weight is 263 g/mol. The number of carboxylic acids is 1. The molecule has 0 spiro atoms. The van der Waals surface area contributed by atoms with Gasteiger partial charge in [0.25, 0.3) is 0 Å². The Balaban J connectivity index is 3.20. The molecule has 1 atom stereocenters. The summed E-state index contributed by atoms with van der Waals surface area (Å²) < 4.78 is 0. The second kappa shape index (κ2) is 5.97. The molecule has 4 heteroatoms. The number of Topliss-reactive ketones (excluding diaryl/α,β-unsaturated/α-hetero) is 1. The third kappa shape index (κ3) is 3.64. The number of carboxylic acid groups (broad SMARTS) is 1. The molecule has 1 rings (SSSR count). The molecule has 0 amide bonds. The summed E-state index contributed by atoms with van der Waals surface area (Å²) in [6.07, 6.45) is -0.182. The number of ketones is 1. The third-order valence-corrected chi connectivity index (χ3v) is 3.22. The second-order valence-corrected chi connectivity index (χ2v) is 5.22. The van der Waals surface area contributed by atoms with Gasteiger partial charge in [0.15, 0.2) is 5.78 Å². The van der Waals surface area contributed by atoms with E-state index in [-0.39, 0.29) is 12.2 Å². The number of likely N-dealkylation sites (N-methyl/N-ethyl adjacent to an activating group) is 1. The van der Waals surface area contributed by atoms with Crippen LogP contribution in [0.15, 0.2) is 12.1 Å². The lowest BCUT2D eigenvalue weighted by atomic mass is 9.92. The van der Waals surface area contributed by atoms with Gasteiger partial charge in [-0.15, -0.1) is 0 Å². The van der Waals surface area contributed by atoms with Crippen LogP contribution in [0, 0.1) is 20.8 Å². The second-order valence-electron chi connectivity index (χ2n) is 5.22. The quantitative estimate of drug-likeness (QED) is 0.827. The Bertz CT molecular complexity index is 483. The number of rotatable bonds is 5. The molecule has 0 fully saturated rings. The van der Waals surface area contributed by atoms with Gasteiger partial charge in [-0.3, -0.25) is 14.5 Å². The zero-order chi connectivity index (χ0) is 14.7. The van der Waals surface area contributed by atoms with Crippen molar-refractivity contribution in [3.8, 4) is 0 Å². The van der Waals surface area contributed by atoms with Gasteiger partial charge < -0.3 is 5.11 Å². The normalized spacial score (nSPS) is 12.5. The highest BCUT2D eigenvalue weighted by Crippen LogP contribution is 2.20. The van der Waals surface area contributed by atoms with Gasteiger partial charge in [0, 0.05) is 5.56 Å². The molecule has 0 heterocycles. The van der Waals surface area contributed by atoms with Crippen molar-refractivity contribution in [2.45, 2.75) is 33.2 Å². The topological polar surface area (TPSA) is 57.6 Å². The van der Waals surface area contributed by atoms with E-state index in [9.17, 15) is 9.59 Å². The summed E-state index contributed by atoms with van der Waals surface area (Å²) in [7, 11) is 3.45. The molecular weight excluding hydrogens is 242 g/mol. The Morgan fingerprint density at radius 1 is 1.16 bits per heavy atom. The first-order valence-electron chi connectivity index (χ1n) is 6.24. The predicted molar refractivity (Wildman–Crippen MR) is 74.7 cm³/mol. The lowest BCUT2D eigenvalue weighted by molar-refractivity contribution is -0.137. The van der Waals surface area contributed by atoms with Crippen LogP contribution in [0.3, 0.4) is 0 Å². The molecule has 0 aliphatic rings. The van der Waals surface area contributed by atoms with Crippen molar-refractivity contribution < 1.29 is 14.7 Å². The fourth-order valence-corrected chi connectivity index (χ4v) is 2.41. The molecule has 1 unspecified atom stereocenters. The summed E-state index contributed by atoms with van der Waals surface area (Å²) in [5.74, 6) is -1.09. The molecular formula is C15H21NO3. The first-order valence-corrected chi connectivity index (χ1v) is 6.24. The van der Waals surface area contributed by atoms with Crippen LogP contribution in [0.25, 0.3) is 0 Å². The summed E-state index contributed by atoms with van der Waals surface area (Å²) in [6.45, 7) is 5.76. The van der Waals surface area contributed by atoms with Gasteiger partial charge >= 0.3 is 5.97 Å². The van der Waals surface area contributed by atoms with E-state index in [4.69, 9.17) is 5.11 Å². The zero-order valence-electron chi connectivity index (χ0n) is 12.2. The van der Waals surface area contributed by atoms with Crippen LogP contribution in [0.4, 0.5) is 0 Å². The number of aryl methyl sites for hydroxylation is 3. The smallest absolute Gasteiger partial charge is 0.305 e. The number of hydrogen-bond acceptors (Lipinski definition) is 3. The SMILES string of the molecule is Cc1cc(C)c(C(=O)C(CC(=O)O)N(C)C)c(C)c1. The van der Waals surface area contributed by atoms with Gasteiger partial charge in [-0.05, 0) is 46.0 Å². The van der Waals surface area contributed by atoms with Crippen LogP contribution in [-0.4, -0.2) is 41.9 Å². The largest absolute Gasteiger partial charge is 0.481 e. The molecule has 0 radical (unpaired) electrons. The minimum absolute atomic E-state index is 0.123. The maximum absolute atomic E-state index is 12.6. The molecule has 19 heavy (non-hydrogen) atoms. The highest BCUT2D eigenvalue weighted by atomic mass is 16.4. The summed E-state index contributed by atoms with van der Waals surface area (Å²) in [4.78, 5) is 25.1. The number of aliphatic carboxylic acids is 1. The fourth-order valence-electron chi connectivity index (χ4n) is 2.41. The Morgan fingerprint density at radius 2 is 1.63 bits per heavy atom. The lowest BCUT2D eigenvalue weighted by Crippen LogP contribution is -2.38. The monoisotopic (exact) mass is 263 g/mol. The molecule has 0 aliphatic heterocycles. The number of benzene rings is 1. The third-order valence-electron chi connectivity index (χ3n) is 3.22. The Hall–Kier alpha value is -1.68. The number of carbonyl (C=O) groups excluding carboxylic acids is 1. The van der Waals surface area contributed by atoms with E-state index in [1.165, 1.54) is 0 Å². The van der Waals surface area contributed by atoms with E-state index in [1.807, 2.05) is 32.9 Å². The average Bonchev–Trinajstić information content (AvgIpc) is 2.23. The molecule has 0 aromatic heterocycles. The summed E-state index contributed by atoms with van der Waals surface area (Å²) in [5, 5.41) is 8.93. The maximum atomic E-state index is 12.6. The number of hydrogen-bond donors (Lipinski definition) is 1. The molecule has 0 bridgehead atoms. The van der Waals surface area contributed by atoms with E-state index < -0.39 is 12.0 Å². The first-order chi connectivity index (χ1) is 8.73. The highest BCUT2D eigenvalue weighted by molar-refractivity contribution is 6.04. The van der Waals surface area contributed by atoms with Crippen LogP contribution < -0.4 is 0 Å². The number of carbonyl (C=O) groups is 2. The van der Waals surface area contributed by atoms with Crippen molar-refractivity contribution in [2.24, 2.45) is 0 Å². The van der Waals surface area contributed by atoms with E-state index in [0.717, 1.165) is 16.7 Å². The van der Waals surface area contributed by atoms with Gasteiger partial charge in [0.1, 0.15) is 0 Å². The van der Waals surface area contributed by atoms with Gasteiger partial charge in [-0.25, -0.2) is 0 Å². The van der Waals surface area contributed by atoms with Gasteiger partial charge in [-0.1, -0.05) is 17.7 Å². The summed E-state index contributed by atoms with van der Waals surface area (Å²) >= 11 is 0. The highest BCUT2D eigenvalue weighted by Gasteiger charge is 2.27. The van der Waals surface area contributed by atoms with Crippen LogP contribution in [0.5, 0.6) is 0 Å². The van der Waals surface area contributed by atoms with Gasteiger partial charge in [-0.2, -0.15) is 0 Å². The van der Waals surface area contributed by atoms with E-state index in [1.54, 1.807) is 19.0 Å². The predicted octanol–water partition coefficient (Wildman–Crippen LogP) is 2.20. The fraction of sp³-hybridized carbons (Fsp3) is 0.467. The zero-order valence-corrected chi connectivity index (χ0v) is 12.2. The van der Waals surface area contributed by atoms with Crippen LogP contribution in [-0.2, 0) is 4.79 Å². The van der Waals surface area contributed by atoms with E-state index >= 15 is 0 Å². The van der Waals surface area contributed by atoms with Gasteiger partial charge in [0.2, 0.25) is 0 Å². The van der Waals surface area contributed by atoms with Crippen LogP contribution in [0.1, 0.15) is 33.5 Å². The van der Waals surface area contributed by atoms with Crippen molar-refractivity contribution in [3.05, 3.63) is 34.4 Å².